The van der Waals surface area contributed by atoms with E-state index in [-0.39, 0.29) is 17.5 Å². The van der Waals surface area contributed by atoms with Crippen LogP contribution in [0.5, 0.6) is 0 Å². The molecule has 0 saturated carbocycles. The molecule has 8 heteroatoms. The number of hydrogen-bond acceptors (Lipinski definition) is 4. The minimum atomic E-state index is -2.96. The number of rotatable bonds is 5. The average molecular weight is 292 g/mol. The summed E-state index contributed by atoms with van der Waals surface area (Å²) in [5.74, 6) is -0.937. The molecule has 1 saturated heterocycles. The standard InChI is InChI=1S/C11H20N2O5S/c1-2-3-9(10(14)15)13-11(16)12-8-4-6-19(17,18)7-5-8/h8-9H,2-7H2,1H3,(H,14,15)(H2,12,13,16)/t9-/m0/s1. The van der Waals surface area contributed by atoms with Gasteiger partial charge in [0, 0.05) is 6.04 Å². The van der Waals surface area contributed by atoms with Gasteiger partial charge in [-0.3, -0.25) is 0 Å². The molecule has 0 unspecified atom stereocenters. The lowest BCUT2D eigenvalue weighted by Crippen LogP contribution is -2.50. The van der Waals surface area contributed by atoms with Crippen LogP contribution in [0.25, 0.3) is 0 Å². The molecule has 0 aromatic heterocycles. The molecule has 1 heterocycles. The zero-order chi connectivity index (χ0) is 14.5. The van der Waals surface area contributed by atoms with E-state index in [1.54, 1.807) is 0 Å². The summed E-state index contributed by atoms with van der Waals surface area (Å²) in [4.78, 5) is 22.5. The molecule has 0 aromatic rings. The summed E-state index contributed by atoms with van der Waals surface area (Å²) in [5.41, 5.74) is 0. The molecule has 7 nitrogen and oxygen atoms in total. The SMILES string of the molecule is CCC[C@H](NC(=O)NC1CCS(=O)(=O)CC1)C(=O)O. The Kier molecular flexibility index (Phi) is 5.59. The molecule has 1 rings (SSSR count). The van der Waals surface area contributed by atoms with Gasteiger partial charge in [0.25, 0.3) is 0 Å². The Labute approximate surface area is 112 Å². The third-order valence-corrected chi connectivity index (χ3v) is 4.79. The van der Waals surface area contributed by atoms with Crippen molar-refractivity contribution < 1.29 is 23.1 Å². The normalized spacial score (nSPS) is 20.5. The summed E-state index contributed by atoms with van der Waals surface area (Å²) in [7, 11) is -2.96. The van der Waals surface area contributed by atoms with Crippen LogP contribution in [0.1, 0.15) is 32.6 Å². The van der Waals surface area contributed by atoms with Crippen LogP contribution in [0.15, 0.2) is 0 Å². The fraction of sp³-hybridized carbons (Fsp3) is 0.818. The molecule has 0 aromatic carbocycles. The Balaban J connectivity index is 2.41. The van der Waals surface area contributed by atoms with Crippen LogP contribution in [0.3, 0.4) is 0 Å². The zero-order valence-electron chi connectivity index (χ0n) is 10.9. The van der Waals surface area contributed by atoms with E-state index >= 15 is 0 Å². The number of sulfone groups is 1. The first-order valence-corrected chi connectivity index (χ1v) is 8.16. The van der Waals surface area contributed by atoms with Crippen LogP contribution >= 0.6 is 0 Å². The maximum absolute atomic E-state index is 11.6. The van der Waals surface area contributed by atoms with Crippen molar-refractivity contribution in [2.45, 2.75) is 44.7 Å². The van der Waals surface area contributed by atoms with Gasteiger partial charge in [-0.1, -0.05) is 13.3 Å². The molecule has 0 spiro atoms. The number of aliphatic carboxylic acids is 1. The Bertz CT molecular complexity index is 420. The summed E-state index contributed by atoms with van der Waals surface area (Å²) >= 11 is 0. The predicted molar refractivity (Wildman–Crippen MR) is 69.7 cm³/mol. The first kappa shape index (κ1) is 15.7. The molecular weight excluding hydrogens is 272 g/mol. The number of carbonyl (C=O) groups is 2. The van der Waals surface area contributed by atoms with Gasteiger partial charge in [-0.15, -0.1) is 0 Å². The summed E-state index contributed by atoms with van der Waals surface area (Å²) in [6.07, 6.45) is 1.77. The van der Waals surface area contributed by atoms with Crippen molar-refractivity contribution >= 4 is 21.8 Å². The number of hydrogen-bond donors (Lipinski definition) is 3. The molecular formula is C11H20N2O5S. The molecule has 1 atom stereocenters. The van der Waals surface area contributed by atoms with E-state index in [2.05, 4.69) is 10.6 Å². The van der Waals surface area contributed by atoms with Gasteiger partial charge in [0.2, 0.25) is 0 Å². The van der Waals surface area contributed by atoms with E-state index in [0.717, 1.165) is 0 Å². The smallest absolute Gasteiger partial charge is 0.326 e. The van der Waals surface area contributed by atoms with Gasteiger partial charge in [-0.2, -0.15) is 0 Å². The molecule has 2 amide bonds. The minimum Gasteiger partial charge on any atom is -0.480 e. The zero-order valence-corrected chi connectivity index (χ0v) is 11.7. The number of amides is 2. The second-order valence-electron chi connectivity index (χ2n) is 4.72. The molecule has 1 aliphatic heterocycles. The molecule has 0 aliphatic carbocycles. The van der Waals surface area contributed by atoms with Gasteiger partial charge in [0.15, 0.2) is 0 Å². The summed E-state index contributed by atoms with van der Waals surface area (Å²) in [6.45, 7) is 1.83. The van der Waals surface area contributed by atoms with Crippen LogP contribution in [-0.4, -0.2) is 49.1 Å². The van der Waals surface area contributed by atoms with E-state index in [1.807, 2.05) is 6.92 Å². The van der Waals surface area contributed by atoms with E-state index in [4.69, 9.17) is 5.11 Å². The van der Waals surface area contributed by atoms with Crippen molar-refractivity contribution in [1.29, 1.82) is 0 Å². The molecule has 19 heavy (non-hydrogen) atoms. The lowest BCUT2D eigenvalue weighted by molar-refractivity contribution is -0.139. The molecule has 0 bridgehead atoms. The number of nitrogens with one attached hydrogen (secondary N) is 2. The second kappa shape index (κ2) is 6.74. The van der Waals surface area contributed by atoms with Crippen molar-refractivity contribution in [1.82, 2.24) is 10.6 Å². The van der Waals surface area contributed by atoms with Crippen molar-refractivity contribution in [3.8, 4) is 0 Å². The van der Waals surface area contributed by atoms with Crippen LogP contribution in [0.4, 0.5) is 4.79 Å². The average Bonchev–Trinajstić information content (AvgIpc) is 2.31. The number of carbonyl (C=O) groups excluding carboxylic acids is 1. The van der Waals surface area contributed by atoms with E-state index in [1.165, 1.54) is 0 Å². The van der Waals surface area contributed by atoms with Crippen molar-refractivity contribution in [3.05, 3.63) is 0 Å². The highest BCUT2D eigenvalue weighted by atomic mass is 32.2. The molecule has 3 N–H and O–H groups in total. The Morgan fingerprint density at radius 2 is 1.89 bits per heavy atom. The highest BCUT2D eigenvalue weighted by Crippen LogP contribution is 2.12. The Hall–Kier alpha value is -1.31. The Morgan fingerprint density at radius 3 is 2.37 bits per heavy atom. The molecule has 1 aliphatic rings. The maximum Gasteiger partial charge on any atom is 0.326 e. The summed E-state index contributed by atoms with van der Waals surface area (Å²) in [5, 5.41) is 13.9. The fourth-order valence-corrected chi connectivity index (χ4v) is 3.46. The van der Waals surface area contributed by atoms with Crippen LogP contribution in [-0.2, 0) is 14.6 Å². The van der Waals surface area contributed by atoms with Gasteiger partial charge in [-0.05, 0) is 19.3 Å². The minimum absolute atomic E-state index is 0.0647. The lowest BCUT2D eigenvalue weighted by Gasteiger charge is -2.24. The van der Waals surface area contributed by atoms with Crippen LogP contribution in [0, 0.1) is 0 Å². The number of urea groups is 1. The van der Waals surface area contributed by atoms with E-state index < -0.39 is 27.9 Å². The molecule has 0 radical (unpaired) electrons. The van der Waals surface area contributed by atoms with Gasteiger partial charge in [0.1, 0.15) is 15.9 Å². The maximum atomic E-state index is 11.6. The monoisotopic (exact) mass is 292 g/mol. The van der Waals surface area contributed by atoms with Crippen molar-refractivity contribution in [2.75, 3.05) is 11.5 Å². The van der Waals surface area contributed by atoms with Crippen molar-refractivity contribution in [2.24, 2.45) is 0 Å². The third kappa shape index (κ3) is 5.46. The van der Waals surface area contributed by atoms with Gasteiger partial charge in [-0.25, -0.2) is 18.0 Å². The first-order valence-electron chi connectivity index (χ1n) is 6.34. The van der Waals surface area contributed by atoms with Gasteiger partial charge >= 0.3 is 12.0 Å². The topological polar surface area (TPSA) is 113 Å². The highest BCUT2D eigenvalue weighted by Gasteiger charge is 2.26. The van der Waals surface area contributed by atoms with Gasteiger partial charge < -0.3 is 15.7 Å². The molecule has 1 fully saturated rings. The van der Waals surface area contributed by atoms with Crippen molar-refractivity contribution in [3.63, 3.8) is 0 Å². The molecule has 110 valence electrons. The number of carboxylic acid groups (broad SMARTS) is 1. The lowest BCUT2D eigenvalue weighted by atomic mass is 10.1. The third-order valence-electron chi connectivity index (χ3n) is 3.07. The quantitative estimate of drug-likeness (QED) is 0.666. The van der Waals surface area contributed by atoms with E-state index in [9.17, 15) is 18.0 Å². The van der Waals surface area contributed by atoms with Crippen LogP contribution in [0.2, 0.25) is 0 Å². The first-order chi connectivity index (χ1) is 8.84. The summed E-state index contributed by atoms with van der Waals surface area (Å²) in [6, 6.07) is -1.66. The van der Waals surface area contributed by atoms with E-state index in [0.29, 0.717) is 25.7 Å². The second-order valence-corrected chi connectivity index (χ2v) is 7.03. The Morgan fingerprint density at radius 1 is 1.32 bits per heavy atom. The van der Waals surface area contributed by atoms with Gasteiger partial charge in [0.05, 0.1) is 11.5 Å². The predicted octanol–water partition coefficient (Wildman–Crippen LogP) is 0.116. The fourth-order valence-electron chi connectivity index (χ4n) is 1.97. The van der Waals surface area contributed by atoms with Crippen LogP contribution < -0.4 is 10.6 Å². The number of carboxylic acids is 1. The highest BCUT2D eigenvalue weighted by molar-refractivity contribution is 7.91. The largest absolute Gasteiger partial charge is 0.480 e. The summed E-state index contributed by atoms with van der Waals surface area (Å²) < 4.78 is 22.5.